The minimum atomic E-state index is -2.43. The van der Waals surface area contributed by atoms with Crippen LogP contribution in [0.5, 0.6) is 0 Å². The van der Waals surface area contributed by atoms with Gasteiger partial charge in [-0.15, -0.1) is 0 Å². The Bertz CT molecular complexity index is 152. The van der Waals surface area contributed by atoms with Crippen molar-refractivity contribution in [3.05, 3.63) is 38.0 Å². The standard InChI is InChI=1S/C5H12O3Si.C4H6O/c1-5-9(6-2,7-3)8-4;1-3-5-4-2/h5H,1H2,2-4H3;3-4H,1-2H2. The predicted molar refractivity (Wildman–Crippen MR) is 58.5 cm³/mol. The van der Waals surface area contributed by atoms with Gasteiger partial charge in [0.05, 0.1) is 12.5 Å². The zero-order valence-electron chi connectivity index (χ0n) is 8.99. The first-order valence-corrected chi connectivity index (χ1v) is 5.62. The van der Waals surface area contributed by atoms with Gasteiger partial charge in [-0.3, -0.25) is 0 Å². The van der Waals surface area contributed by atoms with E-state index in [1.807, 2.05) is 0 Å². The molecule has 0 aliphatic heterocycles. The summed E-state index contributed by atoms with van der Waals surface area (Å²) in [4.78, 5) is 0. The molecule has 0 aliphatic carbocycles. The van der Waals surface area contributed by atoms with Gasteiger partial charge in [-0.1, -0.05) is 19.7 Å². The Labute approximate surface area is 86.8 Å². The Kier molecular flexibility index (Phi) is 11.4. The first kappa shape index (κ1) is 15.6. The van der Waals surface area contributed by atoms with E-state index in [1.165, 1.54) is 12.5 Å². The third kappa shape index (κ3) is 6.61. The van der Waals surface area contributed by atoms with Crippen LogP contribution in [0.1, 0.15) is 0 Å². The van der Waals surface area contributed by atoms with E-state index >= 15 is 0 Å². The maximum Gasteiger partial charge on any atom is 0.528 e. The Hall–Kier alpha value is -0.883. The molecule has 0 rings (SSSR count). The van der Waals surface area contributed by atoms with E-state index in [4.69, 9.17) is 13.3 Å². The maximum absolute atomic E-state index is 4.96. The van der Waals surface area contributed by atoms with Gasteiger partial charge in [0.2, 0.25) is 0 Å². The van der Waals surface area contributed by atoms with Crippen LogP contribution in [0.15, 0.2) is 38.0 Å². The highest BCUT2D eigenvalue weighted by Crippen LogP contribution is 2.04. The summed E-state index contributed by atoms with van der Waals surface area (Å²) in [5, 5.41) is 0. The van der Waals surface area contributed by atoms with Crippen molar-refractivity contribution in [3.8, 4) is 0 Å². The molecule has 14 heavy (non-hydrogen) atoms. The van der Waals surface area contributed by atoms with Crippen molar-refractivity contribution >= 4 is 8.80 Å². The lowest BCUT2D eigenvalue weighted by Crippen LogP contribution is -2.40. The minimum absolute atomic E-state index is 1.31. The van der Waals surface area contributed by atoms with Gasteiger partial charge in [0.15, 0.2) is 0 Å². The molecule has 0 aromatic heterocycles. The van der Waals surface area contributed by atoms with Crippen LogP contribution < -0.4 is 0 Å². The van der Waals surface area contributed by atoms with E-state index < -0.39 is 8.80 Å². The second kappa shape index (κ2) is 10.2. The highest BCUT2D eigenvalue weighted by Gasteiger charge is 2.33. The van der Waals surface area contributed by atoms with E-state index in [9.17, 15) is 0 Å². The van der Waals surface area contributed by atoms with E-state index in [-0.39, 0.29) is 0 Å². The highest BCUT2D eigenvalue weighted by atomic mass is 28.4. The molecule has 0 spiro atoms. The average molecular weight is 218 g/mol. The summed E-state index contributed by atoms with van der Waals surface area (Å²) in [6.07, 6.45) is 2.62. The summed E-state index contributed by atoms with van der Waals surface area (Å²) in [5.74, 6) is 0. The molecule has 0 aromatic carbocycles. The summed E-state index contributed by atoms with van der Waals surface area (Å²) in [5.41, 5.74) is 1.58. The Balaban J connectivity index is 0. The second-order valence-corrected chi connectivity index (χ2v) is 4.73. The summed E-state index contributed by atoms with van der Waals surface area (Å²) >= 11 is 0. The third-order valence-corrected chi connectivity index (χ3v) is 3.50. The fraction of sp³-hybridized carbons (Fsp3) is 0.333. The molecule has 0 N–H and O–H groups in total. The minimum Gasteiger partial charge on any atom is -0.474 e. The van der Waals surface area contributed by atoms with E-state index in [0.717, 1.165) is 0 Å². The Morgan fingerprint density at radius 1 is 0.857 bits per heavy atom. The largest absolute Gasteiger partial charge is 0.528 e. The zero-order chi connectivity index (χ0) is 11.4. The van der Waals surface area contributed by atoms with Gasteiger partial charge in [-0.2, -0.15) is 0 Å². The van der Waals surface area contributed by atoms with Crippen molar-refractivity contribution < 1.29 is 18.0 Å². The molecule has 0 amide bonds. The van der Waals surface area contributed by atoms with Crippen molar-refractivity contribution in [2.24, 2.45) is 0 Å². The zero-order valence-corrected chi connectivity index (χ0v) is 9.99. The van der Waals surface area contributed by atoms with Crippen molar-refractivity contribution in [1.29, 1.82) is 0 Å². The SMILES string of the molecule is C=COC=C.C=C[Si](OC)(OC)OC. The predicted octanol–water partition coefficient (Wildman–Crippen LogP) is 1.88. The quantitative estimate of drug-likeness (QED) is 0.504. The molecular formula is C9H18O4Si. The molecule has 0 fully saturated rings. The van der Waals surface area contributed by atoms with Crippen LogP contribution in [-0.4, -0.2) is 30.1 Å². The van der Waals surface area contributed by atoms with Crippen LogP contribution in [0.25, 0.3) is 0 Å². The summed E-state index contributed by atoms with van der Waals surface area (Å²) < 4.78 is 19.2. The van der Waals surface area contributed by atoms with Gasteiger partial charge < -0.3 is 18.0 Å². The summed E-state index contributed by atoms with van der Waals surface area (Å²) in [6.45, 7) is 10.0. The monoisotopic (exact) mass is 218 g/mol. The fourth-order valence-corrected chi connectivity index (χ4v) is 1.57. The molecule has 0 saturated heterocycles. The number of hydrogen-bond acceptors (Lipinski definition) is 4. The fourth-order valence-electron chi connectivity index (χ4n) is 0.568. The molecule has 0 atom stereocenters. The van der Waals surface area contributed by atoms with E-state index in [2.05, 4.69) is 24.5 Å². The van der Waals surface area contributed by atoms with Crippen LogP contribution in [0.2, 0.25) is 0 Å². The van der Waals surface area contributed by atoms with Gasteiger partial charge in [-0.25, -0.2) is 0 Å². The summed E-state index contributed by atoms with van der Waals surface area (Å²) in [7, 11) is 2.20. The molecule has 0 radical (unpaired) electrons. The lowest BCUT2D eigenvalue weighted by Gasteiger charge is -2.19. The molecule has 0 aromatic rings. The van der Waals surface area contributed by atoms with Gasteiger partial charge in [-0.05, 0) is 5.70 Å². The van der Waals surface area contributed by atoms with Gasteiger partial charge in [0.25, 0.3) is 0 Å². The maximum atomic E-state index is 4.96. The van der Waals surface area contributed by atoms with Crippen molar-refractivity contribution in [2.75, 3.05) is 21.3 Å². The molecule has 5 heteroatoms. The Morgan fingerprint density at radius 3 is 1.21 bits per heavy atom. The van der Waals surface area contributed by atoms with Gasteiger partial charge in [0, 0.05) is 21.3 Å². The molecular weight excluding hydrogens is 200 g/mol. The molecule has 82 valence electrons. The number of hydrogen-bond donors (Lipinski definition) is 0. The van der Waals surface area contributed by atoms with Crippen LogP contribution in [0.4, 0.5) is 0 Å². The van der Waals surface area contributed by atoms with Crippen molar-refractivity contribution in [2.45, 2.75) is 0 Å². The molecule has 0 unspecified atom stereocenters. The lowest BCUT2D eigenvalue weighted by atomic mass is 11.1. The number of ether oxygens (including phenoxy) is 1. The van der Waals surface area contributed by atoms with Crippen molar-refractivity contribution in [1.82, 2.24) is 0 Å². The molecule has 0 heterocycles. The second-order valence-electron chi connectivity index (χ2n) is 1.89. The highest BCUT2D eigenvalue weighted by molar-refractivity contribution is 6.66. The summed E-state index contributed by atoms with van der Waals surface area (Å²) in [6, 6.07) is 0. The van der Waals surface area contributed by atoms with Crippen LogP contribution in [0, 0.1) is 0 Å². The van der Waals surface area contributed by atoms with E-state index in [0.29, 0.717) is 0 Å². The topological polar surface area (TPSA) is 36.9 Å². The van der Waals surface area contributed by atoms with Crippen LogP contribution in [0.3, 0.4) is 0 Å². The third-order valence-electron chi connectivity index (χ3n) is 1.30. The number of rotatable bonds is 6. The van der Waals surface area contributed by atoms with Gasteiger partial charge >= 0.3 is 8.80 Å². The first-order chi connectivity index (χ1) is 6.66. The molecule has 0 aliphatic rings. The Morgan fingerprint density at radius 2 is 1.21 bits per heavy atom. The van der Waals surface area contributed by atoms with Crippen LogP contribution >= 0.6 is 0 Å². The smallest absolute Gasteiger partial charge is 0.474 e. The van der Waals surface area contributed by atoms with Crippen molar-refractivity contribution in [3.63, 3.8) is 0 Å². The average Bonchev–Trinajstić information content (AvgIpc) is 2.24. The first-order valence-electron chi connectivity index (χ1n) is 3.82. The van der Waals surface area contributed by atoms with E-state index in [1.54, 1.807) is 27.0 Å². The van der Waals surface area contributed by atoms with Gasteiger partial charge in [0.1, 0.15) is 0 Å². The lowest BCUT2D eigenvalue weighted by molar-refractivity contribution is 0.138. The molecule has 0 bridgehead atoms. The molecule has 4 nitrogen and oxygen atoms in total. The molecule has 0 saturated carbocycles. The normalized spacial score (nSPS) is 9.36. The van der Waals surface area contributed by atoms with Crippen LogP contribution in [-0.2, 0) is 18.0 Å².